The third-order valence-corrected chi connectivity index (χ3v) is 4.15. The standard InChI is InChI=1S/C19H20ClNO5/c1-5-26-19(24)17-10(2)16(11(3)21-17)14(22)7-6-12-8-13(20)18(23)15(9-12)25-4/h6-9,21,23H,5H2,1-4H3. The average molecular weight is 378 g/mol. The molecule has 0 bridgehead atoms. The zero-order chi connectivity index (χ0) is 19.4. The van der Waals surface area contributed by atoms with Gasteiger partial charge in [-0.3, -0.25) is 4.79 Å². The number of carbonyl (C=O) groups is 2. The normalized spacial score (nSPS) is 11.0. The van der Waals surface area contributed by atoms with E-state index in [-0.39, 0.29) is 34.6 Å². The minimum atomic E-state index is -0.494. The molecule has 138 valence electrons. The van der Waals surface area contributed by atoms with Crippen molar-refractivity contribution >= 4 is 29.4 Å². The predicted molar refractivity (Wildman–Crippen MR) is 99.3 cm³/mol. The fourth-order valence-corrected chi connectivity index (χ4v) is 2.85. The fourth-order valence-electron chi connectivity index (χ4n) is 2.63. The van der Waals surface area contributed by atoms with Gasteiger partial charge >= 0.3 is 5.97 Å². The summed E-state index contributed by atoms with van der Waals surface area (Å²) in [4.78, 5) is 27.4. The van der Waals surface area contributed by atoms with Crippen LogP contribution in [0, 0.1) is 13.8 Å². The summed E-state index contributed by atoms with van der Waals surface area (Å²) in [5.41, 5.74) is 2.41. The Balaban J connectivity index is 2.32. The van der Waals surface area contributed by atoms with Crippen LogP contribution in [0.3, 0.4) is 0 Å². The van der Waals surface area contributed by atoms with E-state index in [1.54, 1.807) is 32.9 Å². The molecule has 7 heteroatoms. The number of aromatic hydroxyl groups is 1. The van der Waals surface area contributed by atoms with E-state index in [9.17, 15) is 14.7 Å². The van der Waals surface area contributed by atoms with Gasteiger partial charge in [0.25, 0.3) is 0 Å². The average Bonchev–Trinajstić information content (AvgIpc) is 2.90. The van der Waals surface area contributed by atoms with Crippen LogP contribution in [0.4, 0.5) is 0 Å². The van der Waals surface area contributed by atoms with Gasteiger partial charge in [0.2, 0.25) is 0 Å². The molecule has 0 aliphatic heterocycles. The number of methoxy groups -OCH3 is 1. The highest BCUT2D eigenvalue weighted by Gasteiger charge is 2.21. The molecule has 0 aliphatic rings. The number of rotatable bonds is 6. The van der Waals surface area contributed by atoms with E-state index in [2.05, 4.69) is 4.98 Å². The molecule has 1 aromatic carbocycles. The lowest BCUT2D eigenvalue weighted by Gasteiger charge is -2.06. The van der Waals surface area contributed by atoms with Gasteiger partial charge in [0, 0.05) is 11.3 Å². The van der Waals surface area contributed by atoms with Gasteiger partial charge in [-0.1, -0.05) is 17.7 Å². The number of H-pyrrole nitrogens is 1. The predicted octanol–water partition coefficient (Wildman–Crippen LogP) is 4.07. The molecule has 0 amide bonds. The number of halogens is 1. The van der Waals surface area contributed by atoms with Crippen molar-refractivity contribution in [1.29, 1.82) is 0 Å². The molecule has 2 aromatic rings. The van der Waals surface area contributed by atoms with Crippen LogP contribution in [0.5, 0.6) is 11.5 Å². The molecule has 0 unspecified atom stereocenters. The highest BCUT2D eigenvalue weighted by atomic mass is 35.5. The second-order valence-electron chi connectivity index (χ2n) is 5.60. The molecule has 0 fully saturated rings. The lowest BCUT2D eigenvalue weighted by molar-refractivity contribution is 0.0519. The molecule has 6 nitrogen and oxygen atoms in total. The van der Waals surface area contributed by atoms with Crippen molar-refractivity contribution in [2.45, 2.75) is 20.8 Å². The highest BCUT2D eigenvalue weighted by molar-refractivity contribution is 6.32. The number of hydrogen-bond donors (Lipinski definition) is 2. The van der Waals surface area contributed by atoms with Gasteiger partial charge in [-0.25, -0.2) is 4.79 Å². The summed E-state index contributed by atoms with van der Waals surface area (Å²) in [5.74, 6) is -0.710. The Morgan fingerprint density at radius 1 is 1.31 bits per heavy atom. The number of aromatic nitrogens is 1. The van der Waals surface area contributed by atoms with Crippen LogP contribution in [0.15, 0.2) is 18.2 Å². The highest BCUT2D eigenvalue weighted by Crippen LogP contribution is 2.35. The van der Waals surface area contributed by atoms with E-state index in [1.807, 2.05) is 0 Å². The summed E-state index contributed by atoms with van der Waals surface area (Å²) in [7, 11) is 1.41. The molecular formula is C19H20ClNO5. The van der Waals surface area contributed by atoms with Gasteiger partial charge in [-0.05, 0) is 50.1 Å². The Hall–Kier alpha value is -2.73. The molecular weight excluding hydrogens is 358 g/mol. The van der Waals surface area contributed by atoms with Crippen LogP contribution >= 0.6 is 11.6 Å². The Morgan fingerprint density at radius 3 is 2.62 bits per heavy atom. The number of phenols is 1. The summed E-state index contributed by atoms with van der Waals surface area (Å²) >= 11 is 5.94. The monoisotopic (exact) mass is 377 g/mol. The van der Waals surface area contributed by atoms with Crippen LogP contribution in [-0.2, 0) is 4.74 Å². The molecule has 0 aliphatic carbocycles. The van der Waals surface area contributed by atoms with E-state index >= 15 is 0 Å². The molecule has 1 aromatic heterocycles. The van der Waals surface area contributed by atoms with Gasteiger partial charge in [-0.2, -0.15) is 0 Å². The van der Waals surface area contributed by atoms with Gasteiger partial charge in [0.05, 0.1) is 18.7 Å². The third-order valence-electron chi connectivity index (χ3n) is 3.86. The van der Waals surface area contributed by atoms with Crippen molar-refractivity contribution in [3.63, 3.8) is 0 Å². The van der Waals surface area contributed by atoms with Crippen LogP contribution in [0.25, 0.3) is 6.08 Å². The van der Waals surface area contributed by atoms with Crippen molar-refractivity contribution in [2.24, 2.45) is 0 Å². The number of ether oxygens (including phenoxy) is 2. The fraction of sp³-hybridized carbons (Fsp3) is 0.263. The quantitative estimate of drug-likeness (QED) is 0.450. The van der Waals surface area contributed by atoms with E-state index in [0.29, 0.717) is 22.4 Å². The van der Waals surface area contributed by atoms with Crippen LogP contribution in [-0.4, -0.2) is 35.6 Å². The van der Waals surface area contributed by atoms with Crippen LogP contribution in [0.1, 0.15) is 44.6 Å². The van der Waals surface area contributed by atoms with Gasteiger partial charge in [-0.15, -0.1) is 0 Å². The van der Waals surface area contributed by atoms with Crippen LogP contribution < -0.4 is 4.74 Å². The van der Waals surface area contributed by atoms with Crippen molar-refractivity contribution in [3.8, 4) is 11.5 Å². The smallest absolute Gasteiger partial charge is 0.355 e. The van der Waals surface area contributed by atoms with Gasteiger partial charge in [0.15, 0.2) is 17.3 Å². The minimum absolute atomic E-state index is 0.120. The molecule has 0 atom stereocenters. The van der Waals surface area contributed by atoms with E-state index in [1.165, 1.54) is 19.3 Å². The maximum Gasteiger partial charge on any atom is 0.355 e. The zero-order valence-electron chi connectivity index (χ0n) is 15.0. The third kappa shape index (κ3) is 3.91. The topological polar surface area (TPSA) is 88.6 Å². The first-order valence-corrected chi connectivity index (χ1v) is 8.33. The summed E-state index contributed by atoms with van der Waals surface area (Å²) in [6.45, 7) is 5.38. The van der Waals surface area contributed by atoms with Gasteiger partial charge in [0.1, 0.15) is 5.69 Å². The SMILES string of the molecule is CCOC(=O)c1[nH]c(C)c(C(=O)C=Cc2cc(Cl)c(O)c(OC)c2)c1C. The number of benzene rings is 1. The first-order chi connectivity index (χ1) is 12.3. The van der Waals surface area contributed by atoms with Crippen molar-refractivity contribution in [3.05, 3.63) is 51.3 Å². The maximum absolute atomic E-state index is 12.6. The van der Waals surface area contributed by atoms with Crippen molar-refractivity contribution in [1.82, 2.24) is 4.98 Å². The molecule has 0 saturated heterocycles. The lowest BCUT2D eigenvalue weighted by Crippen LogP contribution is -2.07. The number of carbonyl (C=O) groups excluding carboxylic acids is 2. The molecule has 2 rings (SSSR count). The van der Waals surface area contributed by atoms with Crippen LogP contribution in [0.2, 0.25) is 5.02 Å². The summed E-state index contributed by atoms with van der Waals surface area (Å²) in [6.07, 6.45) is 2.94. The summed E-state index contributed by atoms with van der Waals surface area (Å²) < 4.78 is 10.0. The maximum atomic E-state index is 12.6. The van der Waals surface area contributed by atoms with E-state index in [0.717, 1.165) is 0 Å². The number of esters is 1. The first kappa shape index (κ1) is 19.6. The van der Waals surface area contributed by atoms with E-state index in [4.69, 9.17) is 21.1 Å². The number of ketones is 1. The minimum Gasteiger partial charge on any atom is -0.503 e. The molecule has 0 saturated carbocycles. The van der Waals surface area contributed by atoms with E-state index < -0.39 is 5.97 Å². The zero-order valence-corrected chi connectivity index (χ0v) is 15.7. The Labute approximate surface area is 156 Å². The number of nitrogens with one attached hydrogen (secondary N) is 1. The number of aromatic amines is 1. The number of phenolic OH excluding ortho intramolecular Hbond substituents is 1. The number of aryl methyl sites for hydroxylation is 1. The van der Waals surface area contributed by atoms with Crippen molar-refractivity contribution < 1.29 is 24.2 Å². The molecule has 0 radical (unpaired) electrons. The molecule has 26 heavy (non-hydrogen) atoms. The van der Waals surface area contributed by atoms with Crippen molar-refractivity contribution in [2.75, 3.05) is 13.7 Å². The number of allylic oxidation sites excluding steroid dienone is 1. The first-order valence-electron chi connectivity index (χ1n) is 7.95. The Morgan fingerprint density at radius 2 is 2.00 bits per heavy atom. The molecule has 0 spiro atoms. The molecule has 2 N–H and O–H groups in total. The largest absolute Gasteiger partial charge is 0.503 e. The molecule has 1 heterocycles. The lowest BCUT2D eigenvalue weighted by atomic mass is 10.0. The summed E-state index contributed by atoms with van der Waals surface area (Å²) in [6, 6.07) is 3.08. The second-order valence-corrected chi connectivity index (χ2v) is 6.00. The Bertz CT molecular complexity index is 883. The summed E-state index contributed by atoms with van der Waals surface area (Å²) in [5, 5.41) is 9.87. The second kappa shape index (κ2) is 8.10. The Kier molecular flexibility index (Phi) is 6.10. The number of hydrogen-bond acceptors (Lipinski definition) is 5. The van der Waals surface area contributed by atoms with Gasteiger partial charge < -0.3 is 19.6 Å².